The average Bonchev–Trinajstić information content (AvgIpc) is 3.93. The van der Waals surface area contributed by atoms with Crippen LogP contribution < -0.4 is 30.1 Å². The summed E-state index contributed by atoms with van der Waals surface area (Å²) in [6.45, 7) is 7.40. The summed E-state index contributed by atoms with van der Waals surface area (Å²) in [5.41, 5.74) is -4.51. The molecule has 4 amide bonds. The van der Waals surface area contributed by atoms with E-state index in [0.717, 1.165) is 25.9 Å². The molecule has 1 spiro atoms. The third kappa shape index (κ3) is 9.61. The number of nitrogens with zero attached hydrogens (tertiary/aromatic N) is 2. The zero-order valence-electron chi connectivity index (χ0n) is 37.0. The third-order valence-corrected chi connectivity index (χ3v) is 15.9. The number of ether oxygens (including phenoxy) is 3. The maximum absolute atomic E-state index is 15.0. The Labute approximate surface area is 376 Å². The van der Waals surface area contributed by atoms with Crippen LogP contribution in [0.15, 0.2) is 30.4 Å². The van der Waals surface area contributed by atoms with Crippen molar-refractivity contribution in [3.8, 4) is 23.3 Å². The predicted molar refractivity (Wildman–Crippen MR) is 231 cm³/mol. The number of nitrogens with two attached hydrogens (primary N) is 1. The molecule has 8 rings (SSSR count). The number of amides is 4. The summed E-state index contributed by atoms with van der Waals surface area (Å²) < 4.78 is 90.7. The molecule has 0 unspecified atom stereocenters. The third-order valence-electron chi connectivity index (χ3n) is 13.7. The molecule has 3 fully saturated rings. The van der Waals surface area contributed by atoms with Crippen LogP contribution in [0.25, 0.3) is 10.9 Å². The highest BCUT2D eigenvalue weighted by Gasteiger charge is 2.59. The lowest BCUT2D eigenvalue weighted by Gasteiger charge is -2.38. The molecule has 5 N–H and O–H groups in total. The van der Waals surface area contributed by atoms with Crippen molar-refractivity contribution >= 4 is 44.7 Å². The number of alkyl halides is 3. The minimum absolute atomic E-state index is 0.00639. The Morgan fingerprint density at radius 3 is 2.57 bits per heavy atom. The molecule has 19 heteroatoms. The van der Waals surface area contributed by atoms with E-state index in [0.29, 0.717) is 62.2 Å². The number of benzene rings is 1. The number of carbonyl (C=O) groups excluding carboxylic acids is 4. The van der Waals surface area contributed by atoms with E-state index < -0.39 is 85.3 Å². The normalized spacial score (nSPS) is 28.4. The smallest absolute Gasteiger partial charge is 0.437 e. The van der Waals surface area contributed by atoms with E-state index >= 15 is 13.2 Å². The second kappa shape index (κ2) is 17.9. The summed E-state index contributed by atoms with van der Waals surface area (Å²) in [7, 11) is -4.18. The number of allylic oxidation sites excluding steroid dienone is 1. The van der Waals surface area contributed by atoms with Gasteiger partial charge in [-0.25, -0.2) is 22.9 Å². The van der Waals surface area contributed by atoms with Crippen LogP contribution in [-0.2, 0) is 41.7 Å². The van der Waals surface area contributed by atoms with E-state index in [1.807, 2.05) is 13.8 Å². The summed E-state index contributed by atoms with van der Waals surface area (Å²) in [5, 5.41) is 8.05. The number of sulfonamides is 1. The first-order valence-electron chi connectivity index (χ1n) is 22.8. The Morgan fingerprint density at radius 1 is 1.11 bits per heavy atom. The summed E-state index contributed by atoms with van der Waals surface area (Å²) in [6, 6.07) is 2.14. The van der Waals surface area contributed by atoms with Crippen molar-refractivity contribution in [1.82, 2.24) is 25.2 Å². The number of pyridine rings is 1. The van der Waals surface area contributed by atoms with Crippen LogP contribution in [0.1, 0.15) is 103 Å². The highest BCUT2D eigenvalue weighted by atomic mass is 32.2. The minimum atomic E-state index is -4.95. The van der Waals surface area contributed by atoms with Crippen LogP contribution in [0.4, 0.5) is 18.0 Å². The first-order valence-corrected chi connectivity index (χ1v) is 24.3. The van der Waals surface area contributed by atoms with Gasteiger partial charge in [0, 0.05) is 36.1 Å². The molecule has 0 bridgehead atoms. The van der Waals surface area contributed by atoms with E-state index in [4.69, 9.17) is 14.2 Å². The molecule has 65 heavy (non-hydrogen) atoms. The van der Waals surface area contributed by atoms with Gasteiger partial charge in [-0.15, -0.1) is 0 Å². The molecule has 2 aliphatic carbocycles. The van der Waals surface area contributed by atoms with Gasteiger partial charge in [0.05, 0.1) is 49.0 Å². The van der Waals surface area contributed by atoms with Crippen LogP contribution in [0.3, 0.4) is 0 Å². The monoisotopic (exact) mass is 927 g/mol. The number of hydrogen-bond donors (Lipinski definition) is 4. The molecule has 4 aliphatic heterocycles. The van der Waals surface area contributed by atoms with Crippen molar-refractivity contribution in [2.75, 3.05) is 32.8 Å². The quantitative estimate of drug-likeness (QED) is 0.211. The molecule has 352 valence electrons. The number of aromatic nitrogens is 1. The van der Waals surface area contributed by atoms with Gasteiger partial charge in [-0.2, -0.15) is 13.2 Å². The van der Waals surface area contributed by atoms with Crippen LogP contribution >= 0.6 is 0 Å². The van der Waals surface area contributed by atoms with Gasteiger partial charge in [0.15, 0.2) is 17.0 Å². The number of halogens is 3. The van der Waals surface area contributed by atoms with Crippen molar-refractivity contribution in [2.45, 2.75) is 132 Å². The number of alkyl carbamates (subject to hydrolysis) is 1. The number of hydrogen-bond acceptors (Lipinski definition) is 10. The number of piperidine rings is 1. The fraction of sp³-hybridized carbons (Fsp3) is 0.630. The largest absolute Gasteiger partial charge is 0.493 e. The number of quaternary nitrogens is 1. The second-order valence-corrected chi connectivity index (χ2v) is 21.4. The van der Waals surface area contributed by atoms with Crippen LogP contribution in [0, 0.1) is 29.6 Å². The van der Waals surface area contributed by atoms with Crippen LogP contribution in [0.2, 0.25) is 0 Å². The minimum Gasteiger partial charge on any atom is -0.493 e. The molecule has 2 saturated heterocycles. The lowest BCUT2D eigenvalue weighted by molar-refractivity contribution is -0.664. The fourth-order valence-corrected chi connectivity index (χ4v) is 10.7. The summed E-state index contributed by atoms with van der Waals surface area (Å²) >= 11 is 0. The molecule has 0 radical (unpaired) electrons. The SMILES string of the molecule is CC(C)COC(=O)N[C@H]1CCCCC/C=C\[C@@H]2C#C[C@@]2(C(=O)NS(=O)(=O)C2(C)CC2)NC(=O)[C@@H]2C[C@]3(CCc4c(c(C(F)(F)F)nc5ccc(OCC6CC[NH2+]CC6)cc45)O3)CN2C1=O. The van der Waals surface area contributed by atoms with E-state index in [1.54, 1.807) is 24.3 Å². The first-order chi connectivity index (χ1) is 30.8. The lowest BCUT2D eigenvalue weighted by atomic mass is 9.75. The Kier molecular flexibility index (Phi) is 12.8. The van der Waals surface area contributed by atoms with Crippen LogP contribution in [-0.4, -0.2) is 103 Å². The maximum atomic E-state index is 15.0. The molecular formula is C46H58F3N6O9S+. The van der Waals surface area contributed by atoms with E-state index in [1.165, 1.54) is 17.9 Å². The molecule has 6 aliphatic rings. The highest BCUT2D eigenvalue weighted by molar-refractivity contribution is 7.91. The predicted octanol–water partition coefficient (Wildman–Crippen LogP) is 4.03. The molecule has 1 aromatic heterocycles. The molecule has 15 nitrogen and oxygen atoms in total. The number of aryl methyl sites for hydroxylation is 1. The van der Waals surface area contributed by atoms with E-state index in [2.05, 4.69) is 37.5 Å². The Balaban J connectivity index is 1.15. The summed E-state index contributed by atoms with van der Waals surface area (Å²) in [6.07, 6.45) is 2.63. The first kappa shape index (κ1) is 46.4. The van der Waals surface area contributed by atoms with Crippen molar-refractivity contribution in [2.24, 2.45) is 17.8 Å². The molecule has 5 heterocycles. The standard InChI is InChI=1S/C46H57F3N6O9S/c1-28(2)25-63-42(59)52-35-10-8-6-4-5-7-9-30-13-18-45(30,41(58)54-65(60,61)43(3)19-20-43)53-39(56)36-24-44(27-55(36)40(35)57)17-14-32-33-23-31(62-26-29-15-21-50-22-16-29)11-12-34(33)51-38(37(32)64-44)46(47,48)49/h7,9,11-12,23,28-30,35-36,50H,4-6,8,10,14-17,19-22,24-27H2,1-3H3,(H,52,59)(H,53,56)(H,54,58)/p+1/b9-7-/t30-,35+,36+,44-,45-/m1/s1. The van der Waals surface area contributed by atoms with Gasteiger partial charge in [-0.3, -0.25) is 14.4 Å². The Morgan fingerprint density at radius 2 is 1.88 bits per heavy atom. The van der Waals surface area contributed by atoms with Gasteiger partial charge in [0.1, 0.15) is 23.4 Å². The molecule has 1 saturated carbocycles. The van der Waals surface area contributed by atoms with E-state index in [-0.39, 0.29) is 55.8 Å². The van der Waals surface area contributed by atoms with Crippen LogP contribution in [0.5, 0.6) is 11.5 Å². The van der Waals surface area contributed by atoms with Crippen molar-refractivity contribution < 1.29 is 60.3 Å². The summed E-state index contributed by atoms with van der Waals surface area (Å²) in [4.78, 5) is 62.2. The van der Waals surface area contributed by atoms with Gasteiger partial charge in [-0.05, 0) is 76.0 Å². The van der Waals surface area contributed by atoms with Gasteiger partial charge in [0.25, 0.3) is 5.91 Å². The van der Waals surface area contributed by atoms with Gasteiger partial charge in [0.2, 0.25) is 21.8 Å². The Hall–Kier alpha value is -5.09. The Bertz CT molecular complexity index is 2430. The highest BCUT2D eigenvalue weighted by Crippen LogP contribution is 2.49. The van der Waals surface area contributed by atoms with E-state index in [9.17, 15) is 27.6 Å². The van der Waals surface area contributed by atoms with Crippen molar-refractivity contribution in [3.05, 3.63) is 41.6 Å². The zero-order chi connectivity index (χ0) is 46.4. The average molecular weight is 928 g/mol. The number of nitrogens with one attached hydrogen (secondary N) is 3. The topological polar surface area (TPSA) is 199 Å². The number of carbonyl (C=O) groups is 4. The van der Waals surface area contributed by atoms with Crippen molar-refractivity contribution in [1.29, 1.82) is 0 Å². The zero-order valence-corrected chi connectivity index (χ0v) is 37.8. The molecule has 5 atom stereocenters. The van der Waals surface area contributed by atoms with Gasteiger partial charge < -0.3 is 35.1 Å². The summed E-state index contributed by atoms with van der Waals surface area (Å²) in [5.74, 6) is 2.32. The second-order valence-electron chi connectivity index (χ2n) is 19.2. The number of fused-ring (bicyclic) bond motifs is 5. The fourth-order valence-electron chi connectivity index (χ4n) is 9.40. The molecular weight excluding hydrogens is 870 g/mol. The van der Waals surface area contributed by atoms with Gasteiger partial charge >= 0.3 is 12.3 Å². The number of rotatable bonds is 9. The molecule has 2 aromatic rings. The lowest BCUT2D eigenvalue weighted by Crippen LogP contribution is -2.86. The molecule has 1 aromatic carbocycles. The maximum Gasteiger partial charge on any atom is 0.437 e. The van der Waals surface area contributed by atoms with Gasteiger partial charge in [-0.1, -0.05) is 50.7 Å². The van der Waals surface area contributed by atoms with Crippen molar-refractivity contribution in [3.63, 3.8) is 0 Å².